The average molecular weight is 292 g/mol. The molecular formula is C14H16N2O3S. The van der Waals surface area contributed by atoms with Crippen LogP contribution in [0.3, 0.4) is 0 Å². The number of nitrogens with one attached hydrogen (secondary N) is 1. The van der Waals surface area contributed by atoms with Crippen LogP contribution in [0.2, 0.25) is 0 Å². The lowest BCUT2D eigenvalue weighted by atomic mass is 10.2. The fourth-order valence-corrected chi connectivity index (χ4v) is 2.38. The predicted molar refractivity (Wildman–Crippen MR) is 79.5 cm³/mol. The molecular weight excluding hydrogens is 276 g/mol. The summed E-state index contributed by atoms with van der Waals surface area (Å²) < 4.78 is 5.05. The van der Waals surface area contributed by atoms with Gasteiger partial charge >= 0.3 is 0 Å². The standard InChI is InChI=1S/C14H16N2O3S/c1-10(16-7-8-20-9-13(16)17)14(18)15-11-3-5-12(19-2)6-4-11/h3-8,10H,9H2,1-2H3,(H,15,18). The zero-order valence-corrected chi connectivity index (χ0v) is 12.1. The molecule has 0 radical (unpaired) electrons. The van der Waals surface area contributed by atoms with Crippen LogP contribution < -0.4 is 10.1 Å². The Morgan fingerprint density at radius 3 is 2.70 bits per heavy atom. The molecule has 6 heteroatoms. The molecule has 5 nitrogen and oxygen atoms in total. The molecule has 1 N–H and O–H groups in total. The van der Waals surface area contributed by atoms with E-state index < -0.39 is 6.04 Å². The second-order valence-electron chi connectivity index (χ2n) is 4.29. The minimum absolute atomic E-state index is 0.0603. The maximum absolute atomic E-state index is 12.1. The number of nitrogens with zero attached hydrogens (tertiary/aromatic N) is 1. The van der Waals surface area contributed by atoms with Crippen molar-refractivity contribution < 1.29 is 14.3 Å². The Morgan fingerprint density at radius 2 is 2.10 bits per heavy atom. The number of benzene rings is 1. The van der Waals surface area contributed by atoms with Gasteiger partial charge in [0.1, 0.15) is 11.8 Å². The van der Waals surface area contributed by atoms with Gasteiger partial charge in [-0.2, -0.15) is 0 Å². The number of carbonyl (C=O) groups excluding carboxylic acids is 2. The Kier molecular flexibility index (Phi) is 4.68. The average Bonchev–Trinajstić information content (AvgIpc) is 2.48. The van der Waals surface area contributed by atoms with E-state index in [2.05, 4.69) is 5.32 Å². The number of hydrogen-bond acceptors (Lipinski definition) is 4. The fourth-order valence-electron chi connectivity index (χ4n) is 1.78. The minimum atomic E-state index is -0.540. The lowest BCUT2D eigenvalue weighted by molar-refractivity contribution is -0.133. The number of thioether (sulfide) groups is 1. The third kappa shape index (κ3) is 3.33. The highest BCUT2D eigenvalue weighted by molar-refractivity contribution is 8.02. The summed E-state index contributed by atoms with van der Waals surface area (Å²) in [7, 11) is 1.59. The van der Waals surface area contributed by atoms with Crippen molar-refractivity contribution in [2.75, 3.05) is 18.2 Å². The van der Waals surface area contributed by atoms with E-state index in [0.29, 0.717) is 11.4 Å². The number of amides is 2. The van der Waals surface area contributed by atoms with Crippen molar-refractivity contribution in [3.05, 3.63) is 35.9 Å². The molecule has 1 unspecified atom stereocenters. The monoisotopic (exact) mass is 292 g/mol. The number of methoxy groups -OCH3 is 1. The van der Waals surface area contributed by atoms with E-state index in [9.17, 15) is 9.59 Å². The molecule has 0 saturated heterocycles. The molecule has 0 aliphatic carbocycles. The van der Waals surface area contributed by atoms with Crippen LogP contribution in [-0.2, 0) is 9.59 Å². The molecule has 1 heterocycles. The molecule has 0 aromatic heterocycles. The molecule has 1 atom stereocenters. The van der Waals surface area contributed by atoms with E-state index in [1.54, 1.807) is 44.5 Å². The number of carbonyl (C=O) groups is 2. The molecule has 2 amide bonds. The van der Waals surface area contributed by atoms with Crippen LogP contribution in [0.1, 0.15) is 6.92 Å². The summed E-state index contributed by atoms with van der Waals surface area (Å²) in [4.78, 5) is 25.3. The first-order chi connectivity index (χ1) is 9.61. The highest BCUT2D eigenvalue weighted by atomic mass is 32.2. The van der Waals surface area contributed by atoms with Gasteiger partial charge in [-0.25, -0.2) is 0 Å². The van der Waals surface area contributed by atoms with E-state index >= 15 is 0 Å². The van der Waals surface area contributed by atoms with Crippen molar-refractivity contribution in [2.45, 2.75) is 13.0 Å². The third-order valence-corrected chi connectivity index (χ3v) is 3.69. The van der Waals surface area contributed by atoms with E-state index in [1.165, 1.54) is 16.7 Å². The normalized spacial score (nSPS) is 15.9. The number of ether oxygens (including phenoxy) is 1. The number of anilines is 1. The van der Waals surface area contributed by atoms with E-state index in [4.69, 9.17) is 4.74 Å². The summed E-state index contributed by atoms with van der Waals surface area (Å²) in [6.07, 6.45) is 1.65. The number of hydrogen-bond donors (Lipinski definition) is 1. The smallest absolute Gasteiger partial charge is 0.247 e. The molecule has 1 aromatic rings. The van der Waals surface area contributed by atoms with Gasteiger partial charge in [-0.15, -0.1) is 11.8 Å². The first kappa shape index (κ1) is 14.5. The second kappa shape index (κ2) is 6.47. The molecule has 20 heavy (non-hydrogen) atoms. The lowest BCUT2D eigenvalue weighted by Crippen LogP contribution is -2.44. The Morgan fingerprint density at radius 1 is 1.40 bits per heavy atom. The van der Waals surface area contributed by atoms with Crippen LogP contribution in [0.5, 0.6) is 5.75 Å². The Balaban J connectivity index is 2.01. The summed E-state index contributed by atoms with van der Waals surface area (Å²) in [5.41, 5.74) is 0.672. The van der Waals surface area contributed by atoms with Crippen LogP contribution >= 0.6 is 11.8 Å². The van der Waals surface area contributed by atoms with E-state index in [0.717, 1.165) is 5.75 Å². The number of rotatable bonds is 4. The predicted octanol–water partition coefficient (Wildman–Crippen LogP) is 2.07. The van der Waals surface area contributed by atoms with E-state index in [-0.39, 0.29) is 11.8 Å². The Hall–Kier alpha value is -1.95. The minimum Gasteiger partial charge on any atom is -0.497 e. The highest BCUT2D eigenvalue weighted by Gasteiger charge is 2.25. The van der Waals surface area contributed by atoms with Gasteiger partial charge in [-0.05, 0) is 36.6 Å². The van der Waals surface area contributed by atoms with Crippen molar-refractivity contribution >= 4 is 29.3 Å². The Bertz CT molecular complexity index is 528. The highest BCUT2D eigenvalue weighted by Crippen LogP contribution is 2.18. The Labute approximate surface area is 122 Å². The van der Waals surface area contributed by atoms with Crippen LogP contribution in [0.15, 0.2) is 35.9 Å². The second-order valence-corrected chi connectivity index (χ2v) is 5.19. The van der Waals surface area contributed by atoms with Gasteiger partial charge in [0.05, 0.1) is 12.9 Å². The zero-order chi connectivity index (χ0) is 14.5. The lowest BCUT2D eigenvalue weighted by Gasteiger charge is -2.26. The van der Waals surface area contributed by atoms with Crippen molar-refractivity contribution in [2.24, 2.45) is 0 Å². The van der Waals surface area contributed by atoms with Crippen LogP contribution in [0.25, 0.3) is 0 Å². The topological polar surface area (TPSA) is 58.6 Å². The van der Waals surface area contributed by atoms with Gasteiger partial charge in [0.25, 0.3) is 0 Å². The van der Waals surface area contributed by atoms with Gasteiger partial charge in [-0.1, -0.05) is 0 Å². The maximum Gasteiger partial charge on any atom is 0.247 e. The third-order valence-electron chi connectivity index (χ3n) is 2.97. The van der Waals surface area contributed by atoms with Crippen molar-refractivity contribution in [1.29, 1.82) is 0 Å². The molecule has 1 aromatic carbocycles. The summed E-state index contributed by atoms with van der Waals surface area (Å²) in [6, 6.07) is 6.51. The molecule has 0 fully saturated rings. The molecule has 106 valence electrons. The molecule has 1 aliphatic heterocycles. The fraction of sp³-hybridized carbons (Fsp3) is 0.286. The molecule has 0 bridgehead atoms. The summed E-state index contributed by atoms with van der Waals surface area (Å²) in [5.74, 6) is 0.813. The first-order valence-electron chi connectivity index (χ1n) is 6.16. The van der Waals surface area contributed by atoms with Crippen molar-refractivity contribution in [1.82, 2.24) is 4.90 Å². The van der Waals surface area contributed by atoms with Gasteiger partial charge in [-0.3, -0.25) is 9.59 Å². The molecule has 0 spiro atoms. The zero-order valence-electron chi connectivity index (χ0n) is 11.3. The van der Waals surface area contributed by atoms with Crippen LogP contribution in [0.4, 0.5) is 5.69 Å². The van der Waals surface area contributed by atoms with Crippen molar-refractivity contribution in [3.8, 4) is 5.75 Å². The van der Waals surface area contributed by atoms with Crippen LogP contribution in [0, 0.1) is 0 Å². The molecule has 1 aliphatic rings. The maximum atomic E-state index is 12.1. The summed E-state index contributed by atoms with van der Waals surface area (Å²) in [6.45, 7) is 1.71. The van der Waals surface area contributed by atoms with E-state index in [1.807, 2.05) is 5.41 Å². The first-order valence-corrected chi connectivity index (χ1v) is 7.21. The van der Waals surface area contributed by atoms with Crippen molar-refractivity contribution in [3.63, 3.8) is 0 Å². The molecule has 2 rings (SSSR count). The molecule has 0 saturated carbocycles. The summed E-state index contributed by atoms with van der Waals surface area (Å²) in [5, 5.41) is 4.60. The quantitative estimate of drug-likeness (QED) is 0.923. The van der Waals surface area contributed by atoms with Crippen LogP contribution in [-0.4, -0.2) is 35.6 Å². The van der Waals surface area contributed by atoms with Gasteiger partial charge in [0.2, 0.25) is 11.8 Å². The van der Waals surface area contributed by atoms with Gasteiger partial charge in [0, 0.05) is 11.9 Å². The van der Waals surface area contributed by atoms with Gasteiger partial charge < -0.3 is 15.0 Å². The summed E-state index contributed by atoms with van der Waals surface area (Å²) >= 11 is 1.43. The largest absolute Gasteiger partial charge is 0.497 e. The SMILES string of the molecule is COc1ccc(NC(=O)C(C)N2C=CSCC2=O)cc1. The van der Waals surface area contributed by atoms with Gasteiger partial charge in [0.15, 0.2) is 0 Å².